The molecule has 20 heavy (non-hydrogen) atoms. The van der Waals surface area contributed by atoms with Crippen molar-refractivity contribution in [3.05, 3.63) is 28.5 Å². The highest BCUT2D eigenvalue weighted by atomic mass is 35.5. The van der Waals surface area contributed by atoms with E-state index in [0.29, 0.717) is 0 Å². The summed E-state index contributed by atoms with van der Waals surface area (Å²) < 4.78 is 31.8. The van der Waals surface area contributed by atoms with Gasteiger partial charge in [0.2, 0.25) is 0 Å². The lowest BCUT2D eigenvalue weighted by Crippen LogP contribution is -2.42. The van der Waals surface area contributed by atoms with E-state index in [2.05, 4.69) is 4.74 Å². The second-order valence-electron chi connectivity index (χ2n) is 3.88. The zero-order chi connectivity index (χ0) is 15.0. The van der Waals surface area contributed by atoms with Crippen molar-refractivity contribution in [3.63, 3.8) is 0 Å². The third-order valence-electron chi connectivity index (χ3n) is 2.66. The maximum Gasteiger partial charge on any atom is 0.362 e. The third-order valence-corrected chi connectivity index (χ3v) is 2.95. The van der Waals surface area contributed by atoms with Gasteiger partial charge >= 0.3 is 11.9 Å². The van der Waals surface area contributed by atoms with Gasteiger partial charge in [-0.15, -0.1) is 0 Å². The molecular formula is C12H8ClF2NO4. The molecule has 5 nitrogen and oxygen atoms in total. The second kappa shape index (κ2) is 5.16. The highest BCUT2D eigenvalue weighted by Crippen LogP contribution is 2.34. The predicted molar refractivity (Wildman–Crippen MR) is 64.8 cm³/mol. The van der Waals surface area contributed by atoms with Gasteiger partial charge in [-0.3, -0.25) is 14.5 Å². The molecule has 1 amide bonds. The van der Waals surface area contributed by atoms with Crippen LogP contribution in [0.15, 0.2) is 12.1 Å². The van der Waals surface area contributed by atoms with Gasteiger partial charge in [0.15, 0.2) is 0 Å². The lowest BCUT2D eigenvalue weighted by molar-refractivity contribution is -0.150. The van der Waals surface area contributed by atoms with Crippen molar-refractivity contribution in [1.82, 2.24) is 0 Å². The Morgan fingerprint density at radius 1 is 1.45 bits per heavy atom. The summed E-state index contributed by atoms with van der Waals surface area (Å²) in [4.78, 5) is 34.9. The lowest BCUT2D eigenvalue weighted by atomic mass is 10.1. The number of fused-ring (bicyclic) bond motifs is 1. The van der Waals surface area contributed by atoms with Crippen LogP contribution in [0.25, 0.3) is 0 Å². The molecule has 1 aliphatic rings. The first-order valence-electron chi connectivity index (χ1n) is 5.56. The number of anilines is 1. The summed E-state index contributed by atoms with van der Waals surface area (Å²) in [6.07, 6.45) is -2.52. The number of hydrogen-bond donors (Lipinski definition) is 0. The van der Waals surface area contributed by atoms with Gasteiger partial charge < -0.3 is 4.74 Å². The Morgan fingerprint density at radius 3 is 2.70 bits per heavy atom. The fraction of sp³-hybridized carbons (Fsp3) is 0.250. The van der Waals surface area contributed by atoms with Crippen molar-refractivity contribution in [2.75, 3.05) is 11.5 Å². The zero-order valence-electron chi connectivity index (χ0n) is 10.2. The Bertz CT molecular complexity index is 620. The number of rotatable bonds is 3. The van der Waals surface area contributed by atoms with Crippen LogP contribution in [0.3, 0.4) is 0 Å². The van der Waals surface area contributed by atoms with Crippen LogP contribution in [0.2, 0.25) is 5.02 Å². The molecule has 1 aromatic carbocycles. The molecule has 0 aliphatic carbocycles. The maximum atomic E-state index is 13.9. The Balaban J connectivity index is 2.47. The number of benzene rings is 1. The summed E-state index contributed by atoms with van der Waals surface area (Å²) in [6.45, 7) is 1.35. The van der Waals surface area contributed by atoms with Crippen LogP contribution < -0.4 is 4.90 Å². The average molecular weight is 304 g/mol. The molecule has 1 unspecified atom stereocenters. The molecule has 0 bridgehead atoms. The lowest BCUT2D eigenvalue weighted by Gasteiger charge is -2.19. The van der Waals surface area contributed by atoms with Gasteiger partial charge in [-0.05, 0) is 13.0 Å². The number of alkyl halides is 1. The topological polar surface area (TPSA) is 63.7 Å². The van der Waals surface area contributed by atoms with Gasteiger partial charge in [-0.1, -0.05) is 11.6 Å². The van der Waals surface area contributed by atoms with Crippen molar-refractivity contribution >= 4 is 34.9 Å². The van der Waals surface area contributed by atoms with Crippen LogP contribution in [0.5, 0.6) is 0 Å². The van der Waals surface area contributed by atoms with Gasteiger partial charge in [-0.2, -0.15) is 0 Å². The average Bonchev–Trinajstić information content (AvgIpc) is 2.63. The maximum absolute atomic E-state index is 13.9. The molecule has 0 radical (unpaired) electrons. The normalized spacial score (nSPS) is 15.3. The number of ether oxygens (including phenoxy) is 1. The van der Waals surface area contributed by atoms with Gasteiger partial charge in [0.05, 0.1) is 22.9 Å². The monoisotopic (exact) mass is 303 g/mol. The molecule has 0 spiro atoms. The van der Waals surface area contributed by atoms with Gasteiger partial charge in [0.25, 0.3) is 12.1 Å². The van der Waals surface area contributed by atoms with Crippen LogP contribution in [-0.2, 0) is 14.3 Å². The quantitative estimate of drug-likeness (QED) is 0.486. The number of amides is 1. The first-order chi connectivity index (χ1) is 9.38. The van der Waals surface area contributed by atoms with Crippen LogP contribution >= 0.6 is 11.6 Å². The molecule has 1 aromatic rings. The number of nitrogens with zero attached hydrogens (tertiary/aromatic N) is 1. The molecule has 1 aliphatic heterocycles. The number of carbonyl (C=O) groups is 3. The molecule has 0 N–H and O–H groups in total. The molecule has 0 saturated carbocycles. The Morgan fingerprint density at radius 2 is 2.10 bits per heavy atom. The smallest absolute Gasteiger partial charge is 0.362 e. The number of halogens is 3. The minimum Gasteiger partial charge on any atom is -0.462 e. The molecule has 8 heteroatoms. The van der Waals surface area contributed by atoms with Gasteiger partial charge in [0, 0.05) is 6.07 Å². The fourth-order valence-corrected chi connectivity index (χ4v) is 1.96. The fourth-order valence-electron chi connectivity index (χ4n) is 1.79. The number of Topliss-reactive ketones (excluding diaryl/α,β-unsaturated/α-hetero) is 1. The van der Waals surface area contributed by atoms with Gasteiger partial charge in [-0.25, -0.2) is 13.6 Å². The zero-order valence-corrected chi connectivity index (χ0v) is 10.9. The SMILES string of the molecule is CCOC(=O)C(F)N1C(=O)C(=O)c2cc(Cl)c(F)cc21. The summed E-state index contributed by atoms with van der Waals surface area (Å²) in [5, 5.41) is -0.377. The van der Waals surface area contributed by atoms with E-state index in [-0.39, 0.29) is 27.8 Å². The highest BCUT2D eigenvalue weighted by molar-refractivity contribution is 6.53. The Labute approximate surface area is 117 Å². The van der Waals surface area contributed by atoms with Crippen molar-refractivity contribution < 1.29 is 27.9 Å². The van der Waals surface area contributed by atoms with E-state index in [1.54, 1.807) is 0 Å². The summed E-state index contributed by atoms with van der Waals surface area (Å²) in [7, 11) is 0. The minimum atomic E-state index is -2.52. The van der Waals surface area contributed by atoms with E-state index in [1.165, 1.54) is 6.92 Å². The number of hydrogen-bond acceptors (Lipinski definition) is 4. The van der Waals surface area contributed by atoms with E-state index in [0.717, 1.165) is 12.1 Å². The van der Waals surface area contributed by atoms with E-state index in [9.17, 15) is 23.2 Å². The number of carbonyl (C=O) groups excluding carboxylic acids is 3. The van der Waals surface area contributed by atoms with Crippen molar-refractivity contribution in [1.29, 1.82) is 0 Å². The van der Waals surface area contributed by atoms with E-state index in [1.807, 2.05) is 0 Å². The van der Waals surface area contributed by atoms with Crippen LogP contribution in [0, 0.1) is 5.82 Å². The number of ketones is 1. The van der Waals surface area contributed by atoms with Crippen molar-refractivity contribution in [2.24, 2.45) is 0 Å². The van der Waals surface area contributed by atoms with E-state index < -0.39 is 29.8 Å². The molecule has 1 heterocycles. The van der Waals surface area contributed by atoms with Crippen LogP contribution in [0.4, 0.5) is 14.5 Å². The van der Waals surface area contributed by atoms with Gasteiger partial charge in [0.1, 0.15) is 5.82 Å². The molecule has 0 aromatic heterocycles. The summed E-state index contributed by atoms with van der Waals surface area (Å²) in [5.41, 5.74) is -0.601. The molecule has 2 rings (SSSR count). The molecule has 106 valence electrons. The molecule has 1 atom stereocenters. The largest absolute Gasteiger partial charge is 0.462 e. The predicted octanol–water partition coefficient (Wildman–Crippen LogP) is 1.87. The summed E-state index contributed by atoms with van der Waals surface area (Å²) >= 11 is 5.50. The number of esters is 1. The molecule has 0 saturated heterocycles. The second-order valence-corrected chi connectivity index (χ2v) is 4.28. The third kappa shape index (κ3) is 2.14. The molecular weight excluding hydrogens is 296 g/mol. The summed E-state index contributed by atoms with van der Waals surface area (Å²) in [5.74, 6) is -4.61. The summed E-state index contributed by atoms with van der Waals surface area (Å²) in [6, 6.07) is 1.65. The van der Waals surface area contributed by atoms with Crippen LogP contribution in [0.1, 0.15) is 17.3 Å². The minimum absolute atomic E-state index is 0.100. The highest BCUT2D eigenvalue weighted by Gasteiger charge is 2.44. The first kappa shape index (κ1) is 14.4. The Hall–Kier alpha value is -2.02. The van der Waals surface area contributed by atoms with Crippen molar-refractivity contribution in [3.8, 4) is 0 Å². The Kier molecular flexibility index (Phi) is 3.71. The first-order valence-corrected chi connectivity index (χ1v) is 5.94. The van der Waals surface area contributed by atoms with Crippen LogP contribution in [-0.4, -0.2) is 30.6 Å². The van der Waals surface area contributed by atoms with Crippen molar-refractivity contribution in [2.45, 2.75) is 13.2 Å². The molecule has 0 fully saturated rings. The van der Waals surface area contributed by atoms with E-state index in [4.69, 9.17) is 11.6 Å². The van der Waals surface area contributed by atoms with E-state index >= 15 is 0 Å². The standard InChI is InChI=1S/C12H8ClF2NO4/c1-2-20-12(19)10(15)16-8-4-7(14)6(13)3-5(8)9(17)11(16)18/h3-4,10H,2H2,1H3.